The van der Waals surface area contributed by atoms with E-state index in [1.165, 1.54) is 70.6 Å². The van der Waals surface area contributed by atoms with Crippen molar-refractivity contribution in [3.05, 3.63) is 0 Å². The third-order valence-corrected chi connectivity index (χ3v) is 13.9. The van der Waals surface area contributed by atoms with Crippen LogP contribution in [0.25, 0.3) is 0 Å². The number of amides is 2. The lowest BCUT2D eigenvalue weighted by Gasteiger charge is -2.57. The molecule has 5 fully saturated rings. The van der Waals surface area contributed by atoms with Crippen LogP contribution in [0.15, 0.2) is 0 Å². The molecule has 1 heterocycles. The van der Waals surface area contributed by atoms with Gasteiger partial charge in [-0.3, -0.25) is 19.3 Å². The number of hydrogen-bond acceptors (Lipinski definition) is 6. The molecule has 2 N–H and O–H groups in total. The van der Waals surface area contributed by atoms with Gasteiger partial charge in [0, 0.05) is 56.6 Å². The van der Waals surface area contributed by atoms with Crippen molar-refractivity contribution in [3.8, 4) is 0 Å². The van der Waals surface area contributed by atoms with Crippen LogP contribution < -0.4 is 10.6 Å². The second kappa shape index (κ2) is 25.9. The lowest BCUT2D eigenvalue weighted by Crippen LogP contribution is -2.63. The number of hydrogen-bond donors (Lipinski definition) is 2. The minimum Gasteiger partial charge on any atom is -0.465 e. The van der Waals surface area contributed by atoms with Gasteiger partial charge in [0.25, 0.3) is 0 Å². The van der Waals surface area contributed by atoms with Gasteiger partial charge in [-0.15, -0.1) is 0 Å². The third-order valence-electron chi connectivity index (χ3n) is 13.3. The molecule has 2 amide bonds. The Labute approximate surface area is 339 Å². The number of piperazine rings is 1. The fraction of sp³-hybridized carbons (Fsp3) is 0.933. The van der Waals surface area contributed by atoms with Crippen LogP contribution in [0.4, 0.5) is 0 Å². The molecule has 0 aromatic heterocycles. The number of nitrogens with one attached hydrogen (secondary N) is 2. The molecular weight excluding hydrogens is 740 g/mol. The summed E-state index contributed by atoms with van der Waals surface area (Å²) in [4.78, 5) is 46.3. The van der Waals surface area contributed by atoms with Gasteiger partial charge in [0.2, 0.25) is 11.8 Å². The molecular formula is C45H81BrN4O4. The summed E-state index contributed by atoms with van der Waals surface area (Å²) in [6.45, 7) is 10.3. The summed E-state index contributed by atoms with van der Waals surface area (Å²) in [5.41, 5.74) is -0.0794. The van der Waals surface area contributed by atoms with E-state index < -0.39 is 6.04 Å². The molecule has 54 heavy (non-hydrogen) atoms. The van der Waals surface area contributed by atoms with Crippen molar-refractivity contribution < 1.29 is 19.1 Å². The number of alkyl halides is 1. The maximum absolute atomic E-state index is 14.6. The molecule has 1 saturated heterocycles. The minimum absolute atomic E-state index is 0.00234. The Hall–Kier alpha value is -1.19. The molecule has 0 aromatic carbocycles. The van der Waals surface area contributed by atoms with E-state index in [0.29, 0.717) is 26.0 Å². The standard InChI is InChI=1S/C45H81BrN4O4/c1-3-5-7-9-10-14-20-40(19-13-8-6-4-2)44(53)54-30-18-12-15-21-41(43(52)48-45-34-37-31-38(35-45)33-39(32-37)36-45)50(42(51)22-16-11-17-23-46)29-28-49-26-24-47-25-27-49/h37-41,47H,3-36H2,1-2H3,(H,48,52). The van der Waals surface area contributed by atoms with Crippen molar-refractivity contribution in [3.63, 3.8) is 0 Å². The van der Waals surface area contributed by atoms with Gasteiger partial charge < -0.3 is 20.3 Å². The summed E-state index contributed by atoms with van der Waals surface area (Å²) in [6, 6.07) is -0.447. The molecule has 8 nitrogen and oxygen atoms in total. The topological polar surface area (TPSA) is 91.0 Å². The first-order valence-electron chi connectivity index (χ1n) is 23.1. The van der Waals surface area contributed by atoms with E-state index in [1.54, 1.807) is 0 Å². The van der Waals surface area contributed by atoms with Crippen molar-refractivity contribution in [2.45, 2.75) is 192 Å². The summed E-state index contributed by atoms with van der Waals surface area (Å²) >= 11 is 3.54. The maximum atomic E-state index is 14.6. The molecule has 0 aromatic rings. The Bertz CT molecular complexity index is 1030. The number of rotatable bonds is 30. The fourth-order valence-corrected chi connectivity index (χ4v) is 11.0. The number of carbonyl (C=O) groups is 3. The van der Waals surface area contributed by atoms with Crippen LogP contribution in [0.2, 0.25) is 0 Å². The molecule has 4 aliphatic carbocycles. The number of halogens is 1. The van der Waals surface area contributed by atoms with Gasteiger partial charge in [-0.25, -0.2) is 0 Å². The largest absolute Gasteiger partial charge is 0.465 e. The van der Waals surface area contributed by atoms with Crippen LogP contribution in [0.5, 0.6) is 0 Å². The number of esters is 1. The average molecular weight is 822 g/mol. The first-order valence-corrected chi connectivity index (χ1v) is 24.3. The predicted molar refractivity (Wildman–Crippen MR) is 226 cm³/mol. The van der Waals surface area contributed by atoms with Gasteiger partial charge in [-0.05, 0) is 101 Å². The molecule has 2 unspecified atom stereocenters. The molecule has 9 heteroatoms. The van der Waals surface area contributed by atoms with Crippen molar-refractivity contribution in [1.82, 2.24) is 20.4 Å². The van der Waals surface area contributed by atoms with Crippen LogP contribution in [0.1, 0.15) is 181 Å². The molecule has 1 aliphatic heterocycles. The summed E-state index contributed by atoms with van der Waals surface area (Å²) in [5.74, 6) is 2.48. The Kier molecular flexibility index (Phi) is 21.9. The highest BCUT2D eigenvalue weighted by Gasteiger charge is 2.52. The van der Waals surface area contributed by atoms with E-state index in [-0.39, 0.29) is 29.2 Å². The second-order valence-electron chi connectivity index (χ2n) is 18.0. The van der Waals surface area contributed by atoms with E-state index in [4.69, 9.17) is 4.74 Å². The van der Waals surface area contributed by atoms with E-state index in [9.17, 15) is 14.4 Å². The first-order chi connectivity index (χ1) is 26.4. The van der Waals surface area contributed by atoms with Crippen molar-refractivity contribution in [2.75, 3.05) is 51.2 Å². The second-order valence-corrected chi connectivity index (χ2v) is 18.8. The molecule has 0 spiro atoms. The SMILES string of the molecule is CCCCCCCCC(CCCCCC)C(=O)OCCCCCC(C(=O)NC12CC3CC(CC(C3)C1)C2)N(CCN1CCNCC1)C(=O)CCCCCBr. The summed E-state index contributed by atoms with van der Waals surface area (Å²) in [7, 11) is 0. The average Bonchev–Trinajstić information content (AvgIpc) is 3.15. The maximum Gasteiger partial charge on any atom is 0.308 e. The Balaban J connectivity index is 1.34. The van der Waals surface area contributed by atoms with Crippen LogP contribution >= 0.6 is 15.9 Å². The van der Waals surface area contributed by atoms with Gasteiger partial charge in [0.05, 0.1) is 12.5 Å². The normalized spacial score (nSPS) is 24.7. The minimum atomic E-state index is -0.447. The van der Waals surface area contributed by atoms with E-state index in [0.717, 1.165) is 139 Å². The fourth-order valence-electron chi connectivity index (χ4n) is 10.6. The third kappa shape index (κ3) is 16.0. The van der Waals surface area contributed by atoms with E-state index >= 15 is 0 Å². The Morgan fingerprint density at radius 3 is 1.94 bits per heavy atom. The molecule has 4 bridgehead atoms. The number of carbonyl (C=O) groups excluding carboxylic acids is 3. The monoisotopic (exact) mass is 821 g/mol. The van der Waals surface area contributed by atoms with E-state index in [2.05, 4.69) is 45.3 Å². The molecule has 5 rings (SSSR count). The van der Waals surface area contributed by atoms with Crippen LogP contribution in [-0.2, 0) is 19.1 Å². The lowest BCUT2D eigenvalue weighted by atomic mass is 9.53. The van der Waals surface area contributed by atoms with Gasteiger partial charge in [0.15, 0.2) is 0 Å². The molecule has 2 atom stereocenters. The predicted octanol–water partition coefficient (Wildman–Crippen LogP) is 9.57. The first kappa shape index (κ1) is 45.5. The van der Waals surface area contributed by atoms with Gasteiger partial charge in [0.1, 0.15) is 6.04 Å². The highest BCUT2D eigenvalue weighted by Crippen LogP contribution is 2.55. The summed E-state index contributed by atoms with van der Waals surface area (Å²) in [6.07, 6.45) is 28.1. The zero-order chi connectivity index (χ0) is 38.4. The molecule has 0 radical (unpaired) electrons. The highest BCUT2D eigenvalue weighted by atomic mass is 79.9. The van der Waals surface area contributed by atoms with Gasteiger partial charge in [-0.1, -0.05) is 107 Å². The van der Waals surface area contributed by atoms with E-state index in [1.807, 2.05) is 4.90 Å². The highest BCUT2D eigenvalue weighted by molar-refractivity contribution is 9.09. The number of unbranched alkanes of at least 4 members (excludes halogenated alkanes) is 12. The molecule has 312 valence electrons. The van der Waals surface area contributed by atoms with Gasteiger partial charge in [-0.2, -0.15) is 0 Å². The van der Waals surface area contributed by atoms with Crippen molar-refractivity contribution in [2.24, 2.45) is 23.7 Å². The zero-order valence-electron chi connectivity index (χ0n) is 34.8. The Morgan fingerprint density at radius 1 is 0.759 bits per heavy atom. The molecule has 5 aliphatic rings. The zero-order valence-corrected chi connectivity index (χ0v) is 36.4. The summed E-state index contributed by atoms with van der Waals surface area (Å²) < 4.78 is 5.93. The Morgan fingerprint density at radius 2 is 1.31 bits per heavy atom. The van der Waals surface area contributed by atoms with Crippen molar-refractivity contribution >= 4 is 33.7 Å². The van der Waals surface area contributed by atoms with Gasteiger partial charge >= 0.3 is 5.97 Å². The lowest BCUT2D eigenvalue weighted by molar-refractivity contribution is -0.149. The van der Waals surface area contributed by atoms with Crippen LogP contribution in [0.3, 0.4) is 0 Å². The van der Waals surface area contributed by atoms with Crippen molar-refractivity contribution in [1.29, 1.82) is 0 Å². The smallest absolute Gasteiger partial charge is 0.308 e. The number of nitrogens with zero attached hydrogens (tertiary/aromatic N) is 2. The quantitative estimate of drug-likeness (QED) is 0.0427. The van der Waals surface area contributed by atoms with Crippen LogP contribution in [-0.4, -0.2) is 90.4 Å². The van der Waals surface area contributed by atoms with Crippen LogP contribution in [0, 0.1) is 23.7 Å². The summed E-state index contributed by atoms with van der Waals surface area (Å²) in [5, 5.41) is 8.08. The molecule has 4 saturated carbocycles. The number of ether oxygens (including phenoxy) is 1.